The molecule has 0 heterocycles. The van der Waals surface area contributed by atoms with Crippen LogP contribution in [0.4, 0.5) is 28.0 Å². The summed E-state index contributed by atoms with van der Waals surface area (Å²) >= 11 is 0. The van der Waals surface area contributed by atoms with E-state index in [1.54, 1.807) is 6.07 Å². The van der Waals surface area contributed by atoms with Crippen LogP contribution in [0.5, 0.6) is 0 Å². The predicted octanol–water partition coefficient (Wildman–Crippen LogP) is 4.02. The first-order valence-electron chi connectivity index (χ1n) is 6.82. The number of halogens is 4. The van der Waals surface area contributed by atoms with Crippen LogP contribution in [0.15, 0.2) is 48.5 Å². The van der Waals surface area contributed by atoms with Gasteiger partial charge in [0.25, 0.3) is 0 Å². The van der Waals surface area contributed by atoms with Crippen LogP contribution in [0.3, 0.4) is 0 Å². The van der Waals surface area contributed by atoms with Gasteiger partial charge in [-0.2, -0.15) is 13.2 Å². The summed E-state index contributed by atoms with van der Waals surface area (Å²) in [5, 5.41) is 4.40. The molecule has 2 rings (SSSR count). The molecule has 3 nitrogen and oxygen atoms in total. The van der Waals surface area contributed by atoms with Crippen LogP contribution < -0.4 is 10.6 Å². The van der Waals surface area contributed by atoms with E-state index in [1.807, 2.05) is 0 Å². The van der Waals surface area contributed by atoms with Crippen molar-refractivity contribution in [3.05, 3.63) is 65.5 Å². The number of carbonyl (C=O) groups is 1. The van der Waals surface area contributed by atoms with Gasteiger partial charge in [-0.05, 0) is 24.3 Å². The minimum atomic E-state index is -4.57. The van der Waals surface area contributed by atoms with Crippen molar-refractivity contribution in [2.24, 2.45) is 0 Å². The molecular weight excluding hydrogens is 324 g/mol. The molecule has 0 saturated heterocycles. The van der Waals surface area contributed by atoms with Gasteiger partial charge >= 0.3 is 12.2 Å². The molecule has 2 N–H and O–H groups in total. The summed E-state index contributed by atoms with van der Waals surface area (Å²) in [6.07, 6.45) is -4.57. The summed E-state index contributed by atoms with van der Waals surface area (Å²) in [6, 6.07) is 9.64. The smallest absolute Gasteiger partial charge is 0.327 e. The number of urea groups is 1. The number of hydrogen-bond donors (Lipinski definition) is 2. The molecule has 2 aromatic rings. The summed E-state index contributed by atoms with van der Waals surface area (Å²) in [5.41, 5.74) is -1.13. The van der Waals surface area contributed by atoms with E-state index in [1.165, 1.54) is 30.3 Å². The fraction of sp³-hybridized carbons (Fsp3) is 0.118. The average Bonchev–Trinajstić information content (AvgIpc) is 2.52. The molecule has 124 valence electrons. The van der Waals surface area contributed by atoms with Crippen molar-refractivity contribution >= 4 is 11.7 Å². The SMILES string of the molecule is O=C(NCC#Cc1ccccc1F)Nc1ccccc1C(F)(F)F. The number of carbonyl (C=O) groups excluding carboxylic acids is 1. The van der Waals surface area contributed by atoms with Gasteiger partial charge in [0, 0.05) is 0 Å². The second-order valence-electron chi connectivity index (χ2n) is 4.63. The van der Waals surface area contributed by atoms with Gasteiger partial charge in [-0.25, -0.2) is 9.18 Å². The molecule has 0 saturated carbocycles. The van der Waals surface area contributed by atoms with Gasteiger partial charge in [0.15, 0.2) is 0 Å². The van der Waals surface area contributed by atoms with Gasteiger partial charge in [-0.15, -0.1) is 0 Å². The van der Waals surface area contributed by atoms with Crippen molar-refractivity contribution in [2.75, 3.05) is 11.9 Å². The minimum Gasteiger partial charge on any atom is -0.327 e. The monoisotopic (exact) mass is 336 g/mol. The maximum atomic E-state index is 13.3. The van der Waals surface area contributed by atoms with Crippen molar-refractivity contribution in [3.63, 3.8) is 0 Å². The lowest BCUT2D eigenvalue weighted by Gasteiger charge is -2.13. The zero-order chi connectivity index (χ0) is 17.6. The lowest BCUT2D eigenvalue weighted by atomic mass is 10.1. The molecule has 7 heteroatoms. The third-order valence-corrected chi connectivity index (χ3v) is 2.91. The molecule has 0 atom stereocenters. The fourth-order valence-corrected chi connectivity index (χ4v) is 1.83. The summed E-state index contributed by atoms with van der Waals surface area (Å²) in [6.45, 7) is -0.144. The zero-order valence-electron chi connectivity index (χ0n) is 12.2. The normalized spacial score (nSPS) is 10.5. The number of alkyl halides is 3. The Hall–Kier alpha value is -3.01. The Morgan fingerprint density at radius 3 is 2.42 bits per heavy atom. The molecule has 0 aromatic heterocycles. The first kappa shape index (κ1) is 17.3. The van der Waals surface area contributed by atoms with Crippen LogP contribution in [-0.4, -0.2) is 12.6 Å². The van der Waals surface area contributed by atoms with E-state index in [4.69, 9.17) is 0 Å². The van der Waals surface area contributed by atoms with Crippen LogP contribution in [0, 0.1) is 17.7 Å². The maximum Gasteiger partial charge on any atom is 0.418 e. The molecule has 0 bridgehead atoms. The van der Waals surface area contributed by atoms with Crippen molar-refractivity contribution in [2.45, 2.75) is 6.18 Å². The van der Waals surface area contributed by atoms with Gasteiger partial charge in [-0.3, -0.25) is 0 Å². The molecule has 0 radical (unpaired) electrons. The highest BCUT2D eigenvalue weighted by atomic mass is 19.4. The summed E-state index contributed by atoms with van der Waals surface area (Å²) in [7, 11) is 0. The van der Waals surface area contributed by atoms with Crippen molar-refractivity contribution < 1.29 is 22.4 Å². The van der Waals surface area contributed by atoms with Crippen molar-refractivity contribution in [1.82, 2.24) is 5.32 Å². The lowest BCUT2D eigenvalue weighted by Crippen LogP contribution is -2.29. The van der Waals surface area contributed by atoms with E-state index in [-0.39, 0.29) is 17.8 Å². The Balaban J connectivity index is 1.95. The van der Waals surface area contributed by atoms with Gasteiger partial charge < -0.3 is 10.6 Å². The van der Waals surface area contributed by atoms with Crippen molar-refractivity contribution in [3.8, 4) is 11.8 Å². The molecule has 0 spiro atoms. The van der Waals surface area contributed by atoms with Gasteiger partial charge in [0.2, 0.25) is 0 Å². The van der Waals surface area contributed by atoms with E-state index in [0.29, 0.717) is 0 Å². The summed E-state index contributed by atoms with van der Waals surface area (Å²) in [5.74, 6) is 4.55. The number of rotatable bonds is 2. The minimum absolute atomic E-state index is 0.144. The number of anilines is 1. The molecule has 2 amide bonds. The van der Waals surface area contributed by atoms with Crippen LogP contribution in [0.25, 0.3) is 0 Å². The van der Waals surface area contributed by atoms with Crippen LogP contribution in [0.2, 0.25) is 0 Å². The Morgan fingerprint density at radius 2 is 1.71 bits per heavy atom. The number of nitrogens with one attached hydrogen (secondary N) is 2. The van der Waals surface area contributed by atoms with Crippen LogP contribution in [0.1, 0.15) is 11.1 Å². The molecule has 24 heavy (non-hydrogen) atoms. The highest BCUT2D eigenvalue weighted by Crippen LogP contribution is 2.34. The molecule has 0 fully saturated rings. The first-order chi connectivity index (χ1) is 11.4. The van der Waals surface area contributed by atoms with Crippen LogP contribution >= 0.6 is 0 Å². The topological polar surface area (TPSA) is 41.1 Å². The second kappa shape index (κ2) is 7.51. The Morgan fingerprint density at radius 1 is 1.04 bits per heavy atom. The molecule has 0 aliphatic heterocycles. The number of para-hydroxylation sites is 1. The van der Waals surface area contributed by atoms with Crippen molar-refractivity contribution in [1.29, 1.82) is 0 Å². The molecule has 0 unspecified atom stereocenters. The first-order valence-corrected chi connectivity index (χ1v) is 6.82. The third kappa shape index (κ3) is 4.74. The Labute approximate surface area is 135 Å². The largest absolute Gasteiger partial charge is 0.418 e. The van der Waals surface area contributed by atoms with E-state index in [0.717, 1.165) is 12.1 Å². The standard InChI is InChI=1S/C17H12F4N2O/c18-14-9-3-1-6-12(14)7-5-11-22-16(24)23-15-10-4-2-8-13(15)17(19,20)21/h1-4,6,8-10H,11H2,(H2,22,23,24). The number of hydrogen-bond acceptors (Lipinski definition) is 1. The number of amides is 2. The molecular formula is C17H12F4N2O. The highest BCUT2D eigenvalue weighted by Gasteiger charge is 2.33. The van der Waals surface area contributed by atoms with Gasteiger partial charge in [0.1, 0.15) is 5.82 Å². The predicted molar refractivity (Wildman–Crippen MR) is 81.7 cm³/mol. The summed E-state index contributed by atoms with van der Waals surface area (Å²) in [4.78, 5) is 11.6. The zero-order valence-corrected chi connectivity index (χ0v) is 12.2. The summed E-state index contributed by atoms with van der Waals surface area (Å²) < 4.78 is 51.7. The van der Waals surface area contributed by atoms with Crippen LogP contribution in [-0.2, 0) is 6.18 Å². The van der Waals surface area contributed by atoms with Gasteiger partial charge in [0.05, 0.1) is 23.4 Å². The second-order valence-corrected chi connectivity index (χ2v) is 4.63. The molecule has 0 aliphatic carbocycles. The highest BCUT2D eigenvalue weighted by molar-refractivity contribution is 5.90. The number of benzene rings is 2. The maximum absolute atomic E-state index is 13.3. The Kier molecular flexibility index (Phi) is 5.42. The van der Waals surface area contributed by atoms with E-state index in [9.17, 15) is 22.4 Å². The fourth-order valence-electron chi connectivity index (χ4n) is 1.83. The quantitative estimate of drug-likeness (QED) is 0.631. The van der Waals surface area contributed by atoms with E-state index < -0.39 is 23.6 Å². The average molecular weight is 336 g/mol. The van der Waals surface area contributed by atoms with E-state index >= 15 is 0 Å². The molecule has 2 aromatic carbocycles. The third-order valence-electron chi connectivity index (χ3n) is 2.91. The Bertz CT molecular complexity index is 791. The lowest BCUT2D eigenvalue weighted by molar-refractivity contribution is -0.136. The molecule has 0 aliphatic rings. The van der Waals surface area contributed by atoms with E-state index in [2.05, 4.69) is 22.5 Å². The van der Waals surface area contributed by atoms with Gasteiger partial charge in [-0.1, -0.05) is 36.1 Å².